The summed E-state index contributed by atoms with van der Waals surface area (Å²) in [5.74, 6) is -0.803. The molecule has 0 saturated heterocycles. The maximum absolute atomic E-state index is 14.7. The number of hydrogen-bond acceptors (Lipinski definition) is 2. The average Bonchev–Trinajstić information content (AvgIpc) is 2.76. The van der Waals surface area contributed by atoms with Crippen molar-refractivity contribution >= 4 is 6.09 Å². The van der Waals surface area contributed by atoms with Crippen molar-refractivity contribution in [1.29, 1.82) is 0 Å². The van der Waals surface area contributed by atoms with Crippen molar-refractivity contribution in [2.45, 2.75) is 26.3 Å². The number of methoxy groups -OCH3 is 1. The fraction of sp³-hybridized carbons (Fsp3) is 0.316. The first-order valence-electron chi connectivity index (χ1n) is 7.88. The van der Waals surface area contributed by atoms with E-state index in [1.54, 1.807) is 12.1 Å². The number of ether oxygens (including phenoxy) is 1. The van der Waals surface area contributed by atoms with E-state index in [1.807, 2.05) is 13.8 Å². The first-order chi connectivity index (χ1) is 11.7. The van der Waals surface area contributed by atoms with Gasteiger partial charge >= 0.3 is 6.09 Å². The van der Waals surface area contributed by atoms with Gasteiger partial charge in [0.2, 0.25) is 0 Å². The summed E-state index contributed by atoms with van der Waals surface area (Å²) >= 11 is 0. The van der Waals surface area contributed by atoms with E-state index in [0.717, 1.165) is 5.56 Å². The molecule has 0 spiro atoms. The molecule has 0 saturated carbocycles. The Hall–Kier alpha value is -2.63. The molecule has 1 unspecified atom stereocenters. The van der Waals surface area contributed by atoms with Gasteiger partial charge in [-0.3, -0.25) is 0 Å². The molecular formula is C19H19F2NO3. The van der Waals surface area contributed by atoms with Gasteiger partial charge in [-0.25, -0.2) is 13.6 Å². The minimum Gasteiger partial charge on any atom is -0.497 e. The lowest BCUT2D eigenvalue weighted by atomic mass is 9.85. The van der Waals surface area contributed by atoms with Crippen LogP contribution in [0.1, 0.15) is 31.0 Å². The molecule has 0 aliphatic heterocycles. The largest absolute Gasteiger partial charge is 0.497 e. The molecule has 1 amide bonds. The fourth-order valence-electron chi connectivity index (χ4n) is 3.51. The number of fused-ring (bicyclic) bond motifs is 1. The molecule has 1 aliphatic rings. The number of hydrogen-bond donors (Lipinski definition) is 2. The summed E-state index contributed by atoms with van der Waals surface area (Å²) in [4.78, 5) is 11.1. The van der Waals surface area contributed by atoms with Gasteiger partial charge in [-0.15, -0.1) is 0 Å². The normalized spacial score (nSPS) is 17.9. The highest BCUT2D eigenvalue weighted by Gasteiger charge is 2.40. The highest BCUT2D eigenvalue weighted by Crippen LogP contribution is 2.47. The van der Waals surface area contributed by atoms with E-state index in [0.29, 0.717) is 17.7 Å². The van der Waals surface area contributed by atoms with Crippen molar-refractivity contribution in [2.24, 2.45) is 5.41 Å². The molecule has 2 N–H and O–H groups in total. The number of nitrogens with one attached hydrogen (secondary N) is 1. The predicted octanol–water partition coefficient (Wildman–Crippen LogP) is 4.53. The molecule has 0 radical (unpaired) electrons. The Bertz CT molecular complexity index is 849. The van der Waals surface area contributed by atoms with Crippen molar-refractivity contribution in [1.82, 2.24) is 5.32 Å². The van der Waals surface area contributed by atoms with Gasteiger partial charge in [-0.2, -0.15) is 0 Å². The SMILES string of the molecule is COc1ccc(-c2cc3c(cc2F)C(NC(=O)O)C(C)(C)C3)c(F)c1. The third-order valence-corrected chi connectivity index (χ3v) is 4.70. The van der Waals surface area contributed by atoms with Crippen LogP contribution in [0.4, 0.5) is 13.6 Å². The minimum atomic E-state index is -1.16. The number of carbonyl (C=O) groups is 1. The van der Waals surface area contributed by atoms with Gasteiger partial charge in [0.15, 0.2) is 0 Å². The number of amides is 1. The maximum Gasteiger partial charge on any atom is 0.405 e. The van der Waals surface area contributed by atoms with Gasteiger partial charge < -0.3 is 15.2 Å². The van der Waals surface area contributed by atoms with Crippen LogP contribution in [0.2, 0.25) is 0 Å². The summed E-state index contributed by atoms with van der Waals surface area (Å²) in [6, 6.07) is 6.67. The first kappa shape index (κ1) is 17.2. The molecule has 1 aliphatic carbocycles. The predicted molar refractivity (Wildman–Crippen MR) is 89.7 cm³/mol. The highest BCUT2D eigenvalue weighted by atomic mass is 19.1. The maximum atomic E-state index is 14.7. The average molecular weight is 347 g/mol. The minimum absolute atomic E-state index is 0.147. The van der Waals surface area contributed by atoms with Crippen molar-refractivity contribution in [3.8, 4) is 16.9 Å². The van der Waals surface area contributed by atoms with Crippen LogP contribution < -0.4 is 10.1 Å². The Morgan fingerprint density at radius 3 is 2.48 bits per heavy atom. The molecule has 4 nitrogen and oxygen atoms in total. The van der Waals surface area contributed by atoms with Gasteiger partial charge in [0.1, 0.15) is 17.4 Å². The Labute approximate surface area is 144 Å². The van der Waals surface area contributed by atoms with E-state index in [4.69, 9.17) is 9.84 Å². The highest BCUT2D eigenvalue weighted by molar-refractivity contribution is 5.69. The zero-order valence-corrected chi connectivity index (χ0v) is 14.2. The van der Waals surface area contributed by atoms with Crippen molar-refractivity contribution in [3.63, 3.8) is 0 Å². The van der Waals surface area contributed by atoms with Gasteiger partial charge in [0, 0.05) is 17.2 Å². The second-order valence-corrected chi connectivity index (χ2v) is 6.92. The Morgan fingerprint density at radius 1 is 1.20 bits per heavy atom. The molecule has 0 heterocycles. The molecule has 3 rings (SSSR count). The quantitative estimate of drug-likeness (QED) is 0.857. The Balaban J connectivity index is 2.08. The van der Waals surface area contributed by atoms with Crippen molar-refractivity contribution in [3.05, 3.63) is 53.1 Å². The lowest BCUT2D eigenvalue weighted by Gasteiger charge is -2.27. The lowest BCUT2D eigenvalue weighted by Crippen LogP contribution is -2.34. The van der Waals surface area contributed by atoms with Crippen LogP contribution in [0.15, 0.2) is 30.3 Å². The van der Waals surface area contributed by atoms with Crippen LogP contribution in [0.5, 0.6) is 5.75 Å². The molecule has 0 aromatic heterocycles. The zero-order valence-electron chi connectivity index (χ0n) is 14.2. The molecule has 25 heavy (non-hydrogen) atoms. The molecule has 2 aromatic carbocycles. The molecule has 1 atom stereocenters. The molecule has 2 aromatic rings. The number of rotatable bonds is 3. The third-order valence-electron chi connectivity index (χ3n) is 4.70. The van der Waals surface area contributed by atoms with Gasteiger partial charge in [-0.1, -0.05) is 13.8 Å². The summed E-state index contributed by atoms with van der Waals surface area (Å²) in [5.41, 5.74) is 1.32. The van der Waals surface area contributed by atoms with Crippen molar-refractivity contribution in [2.75, 3.05) is 7.11 Å². The second-order valence-electron chi connectivity index (χ2n) is 6.92. The fourth-order valence-corrected chi connectivity index (χ4v) is 3.51. The Morgan fingerprint density at radius 2 is 1.88 bits per heavy atom. The van der Waals surface area contributed by atoms with Crippen LogP contribution in [0, 0.1) is 17.0 Å². The summed E-state index contributed by atoms with van der Waals surface area (Å²) in [5, 5.41) is 11.5. The number of carboxylic acid groups (broad SMARTS) is 1. The van der Waals surface area contributed by atoms with Crippen LogP contribution in [0.3, 0.4) is 0 Å². The monoisotopic (exact) mass is 347 g/mol. The van der Waals surface area contributed by atoms with Crippen LogP contribution in [0.25, 0.3) is 11.1 Å². The topological polar surface area (TPSA) is 58.6 Å². The van der Waals surface area contributed by atoms with E-state index >= 15 is 0 Å². The lowest BCUT2D eigenvalue weighted by molar-refractivity contribution is 0.175. The Kier molecular flexibility index (Phi) is 4.14. The van der Waals surface area contributed by atoms with Crippen molar-refractivity contribution < 1.29 is 23.4 Å². The van der Waals surface area contributed by atoms with Gasteiger partial charge in [0.05, 0.1) is 13.2 Å². The van der Waals surface area contributed by atoms with Gasteiger partial charge in [0.25, 0.3) is 0 Å². The number of halogens is 2. The van der Waals surface area contributed by atoms with Crippen LogP contribution in [-0.4, -0.2) is 18.3 Å². The van der Waals surface area contributed by atoms with Gasteiger partial charge in [-0.05, 0) is 47.2 Å². The van der Waals surface area contributed by atoms with E-state index < -0.39 is 29.2 Å². The summed E-state index contributed by atoms with van der Waals surface area (Å²) < 4.78 is 34.0. The van der Waals surface area contributed by atoms with E-state index in [-0.39, 0.29) is 11.1 Å². The summed E-state index contributed by atoms with van der Waals surface area (Å²) in [6.45, 7) is 3.83. The summed E-state index contributed by atoms with van der Waals surface area (Å²) in [6.07, 6.45) is -0.588. The second kappa shape index (κ2) is 6.02. The van der Waals surface area contributed by atoms with Crippen LogP contribution in [-0.2, 0) is 6.42 Å². The molecule has 6 heteroatoms. The van der Waals surface area contributed by atoms with E-state index in [9.17, 15) is 13.6 Å². The zero-order chi connectivity index (χ0) is 18.4. The summed E-state index contributed by atoms with van der Waals surface area (Å²) in [7, 11) is 1.43. The standard InChI is InChI=1S/C19H19F2NO3/c1-19(2)9-10-6-14(12-5-4-11(25-3)7-15(12)20)16(21)8-13(10)17(19)22-18(23)24/h4-8,17,22H,9H2,1-3H3,(H,23,24). The number of benzene rings is 2. The molecule has 0 bridgehead atoms. The first-order valence-corrected chi connectivity index (χ1v) is 7.88. The molecular weight excluding hydrogens is 328 g/mol. The molecule has 132 valence electrons. The molecule has 0 fully saturated rings. The van der Waals surface area contributed by atoms with E-state index in [1.165, 1.54) is 25.3 Å². The smallest absolute Gasteiger partial charge is 0.405 e. The third kappa shape index (κ3) is 3.04. The van der Waals surface area contributed by atoms with Crippen LogP contribution >= 0.6 is 0 Å². The van der Waals surface area contributed by atoms with E-state index in [2.05, 4.69) is 5.32 Å².